The third kappa shape index (κ3) is 4.97. The van der Waals surface area contributed by atoms with Gasteiger partial charge in [-0.25, -0.2) is 0 Å². The highest BCUT2D eigenvalue weighted by Gasteiger charge is 2.38. The molecule has 0 N–H and O–H groups in total. The molecule has 4 aromatic rings. The van der Waals surface area contributed by atoms with Crippen LogP contribution in [0.4, 0.5) is 0 Å². The maximum absolute atomic E-state index is 3.69. The number of aryl methyl sites for hydroxylation is 1. The molecule has 0 radical (unpaired) electrons. The topological polar surface area (TPSA) is 0 Å². The van der Waals surface area contributed by atoms with Crippen molar-refractivity contribution in [1.29, 1.82) is 0 Å². The first kappa shape index (κ1) is 23.1. The SMILES string of the molecule is CCCCCCc1ccc(-c2ccc([Si](C)(c3ccc(Br)s3)c3ccc(Br)s3)s2)s1. The minimum Gasteiger partial charge on any atom is -0.143 e. The second kappa shape index (κ2) is 10.3. The van der Waals surface area contributed by atoms with Crippen LogP contribution in [0.3, 0.4) is 0 Å². The summed E-state index contributed by atoms with van der Waals surface area (Å²) in [6, 6.07) is 18.5. The molecule has 4 heterocycles. The lowest BCUT2D eigenvalue weighted by molar-refractivity contribution is 0.670. The van der Waals surface area contributed by atoms with Crippen molar-refractivity contribution in [2.45, 2.75) is 45.6 Å². The number of hydrogen-bond acceptors (Lipinski definition) is 4. The van der Waals surface area contributed by atoms with E-state index in [0.29, 0.717) is 0 Å². The van der Waals surface area contributed by atoms with Crippen molar-refractivity contribution in [3.8, 4) is 9.75 Å². The van der Waals surface area contributed by atoms with Gasteiger partial charge in [0, 0.05) is 28.1 Å². The fourth-order valence-corrected chi connectivity index (χ4v) is 16.7. The molecule has 0 saturated heterocycles. The third-order valence-electron chi connectivity index (χ3n) is 5.41. The lowest BCUT2D eigenvalue weighted by Crippen LogP contribution is -2.61. The Balaban J connectivity index is 1.63. The number of thiophene rings is 4. The Bertz CT molecular complexity index is 1060. The van der Waals surface area contributed by atoms with E-state index in [0.717, 1.165) is 0 Å². The molecule has 0 unspecified atom stereocenters. The minimum atomic E-state index is -1.97. The van der Waals surface area contributed by atoms with E-state index >= 15 is 0 Å². The monoisotopic (exact) mass is 614 g/mol. The molecule has 158 valence electrons. The lowest BCUT2D eigenvalue weighted by Gasteiger charge is -2.23. The fraction of sp³-hybridized carbons (Fsp3) is 0.304. The molecule has 30 heavy (non-hydrogen) atoms. The van der Waals surface area contributed by atoms with Crippen molar-refractivity contribution in [1.82, 2.24) is 0 Å². The van der Waals surface area contributed by atoms with E-state index < -0.39 is 8.07 Å². The Morgan fingerprint density at radius 1 is 0.667 bits per heavy atom. The molecule has 0 aliphatic carbocycles. The van der Waals surface area contributed by atoms with Crippen molar-refractivity contribution in [2.75, 3.05) is 0 Å². The number of halogens is 2. The van der Waals surface area contributed by atoms with Crippen LogP contribution >= 0.6 is 77.2 Å². The summed E-state index contributed by atoms with van der Waals surface area (Å²) in [7, 11) is -1.97. The summed E-state index contributed by atoms with van der Waals surface area (Å²) < 4.78 is 7.00. The molecule has 4 aromatic heterocycles. The highest BCUT2D eigenvalue weighted by molar-refractivity contribution is 9.11. The normalized spacial score (nSPS) is 12.0. The highest BCUT2D eigenvalue weighted by atomic mass is 79.9. The van der Waals surface area contributed by atoms with Crippen molar-refractivity contribution >= 4 is 98.8 Å². The lowest BCUT2D eigenvalue weighted by atomic mass is 10.1. The van der Waals surface area contributed by atoms with E-state index in [1.54, 1.807) is 4.50 Å². The molecule has 0 bridgehead atoms. The van der Waals surface area contributed by atoms with Crippen LogP contribution in [0.2, 0.25) is 6.55 Å². The predicted octanol–water partition coefficient (Wildman–Crippen LogP) is 8.35. The molecule has 7 heteroatoms. The Morgan fingerprint density at radius 2 is 1.23 bits per heavy atom. The van der Waals surface area contributed by atoms with Gasteiger partial charge in [-0.15, -0.1) is 45.3 Å². The van der Waals surface area contributed by atoms with Crippen LogP contribution in [0.25, 0.3) is 9.75 Å². The smallest absolute Gasteiger partial charge is 0.143 e. The van der Waals surface area contributed by atoms with Crippen LogP contribution < -0.4 is 13.5 Å². The molecule has 0 amide bonds. The summed E-state index contributed by atoms with van der Waals surface area (Å²) in [6.45, 7) is 4.78. The van der Waals surface area contributed by atoms with Crippen molar-refractivity contribution in [2.24, 2.45) is 0 Å². The van der Waals surface area contributed by atoms with E-state index in [9.17, 15) is 0 Å². The van der Waals surface area contributed by atoms with Gasteiger partial charge in [-0.1, -0.05) is 50.9 Å². The maximum atomic E-state index is 3.69. The van der Waals surface area contributed by atoms with Gasteiger partial charge in [0.05, 0.1) is 7.57 Å². The van der Waals surface area contributed by atoms with Gasteiger partial charge < -0.3 is 0 Å². The van der Waals surface area contributed by atoms with Gasteiger partial charge >= 0.3 is 0 Å². The van der Waals surface area contributed by atoms with Gasteiger partial charge in [-0.05, 0) is 75.0 Å². The molecule has 0 aliphatic rings. The van der Waals surface area contributed by atoms with Crippen LogP contribution in [0.5, 0.6) is 0 Å². The zero-order valence-electron chi connectivity index (χ0n) is 17.0. The first-order valence-corrected chi connectivity index (χ1v) is 17.6. The fourth-order valence-electron chi connectivity index (χ4n) is 3.64. The number of hydrogen-bond donors (Lipinski definition) is 0. The zero-order chi connectivity index (χ0) is 21.1. The van der Waals surface area contributed by atoms with E-state index in [-0.39, 0.29) is 0 Å². The van der Waals surface area contributed by atoms with Gasteiger partial charge in [-0.3, -0.25) is 0 Å². The average Bonchev–Trinajstić information content (AvgIpc) is 3.51. The van der Waals surface area contributed by atoms with Crippen molar-refractivity contribution < 1.29 is 0 Å². The van der Waals surface area contributed by atoms with E-state index in [4.69, 9.17) is 0 Å². The van der Waals surface area contributed by atoms with Gasteiger partial charge in [0.15, 0.2) is 8.07 Å². The van der Waals surface area contributed by atoms with Crippen LogP contribution in [0.1, 0.15) is 37.5 Å². The van der Waals surface area contributed by atoms with Crippen LogP contribution in [-0.2, 0) is 6.42 Å². The van der Waals surface area contributed by atoms with E-state index in [2.05, 4.69) is 93.9 Å². The molecule has 0 nitrogen and oxygen atoms in total. The predicted molar refractivity (Wildman–Crippen MR) is 150 cm³/mol. The molecule has 0 atom stereocenters. The molecule has 0 saturated carbocycles. The zero-order valence-corrected chi connectivity index (χ0v) is 24.5. The molecular formula is C23H24Br2S4Si. The van der Waals surface area contributed by atoms with Gasteiger partial charge in [0.2, 0.25) is 0 Å². The van der Waals surface area contributed by atoms with Crippen LogP contribution in [-0.4, -0.2) is 8.07 Å². The van der Waals surface area contributed by atoms with E-state index in [1.165, 1.54) is 63.3 Å². The number of rotatable bonds is 9. The minimum absolute atomic E-state index is 1.22. The summed E-state index contributed by atoms with van der Waals surface area (Å²) in [5.41, 5.74) is 0. The van der Waals surface area contributed by atoms with Gasteiger partial charge in [0.25, 0.3) is 0 Å². The van der Waals surface area contributed by atoms with Gasteiger partial charge in [-0.2, -0.15) is 0 Å². The van der Waals surface area contributed by atoms with Gasteiger partial charge in [0.1, 0.15) is 0 Å². The number of unbranched alkanes of at least 4 members (excludes halogenated alkanes) is 3. The maximum Gasteiger partial charge on any atom is 0.181 e. The quantitative estimate of drug-likeness (QED) is 0.131. The largest absolute Gasteiger partial charge is 0.181 e. The van der Waals surface area contributed by atoms with Crippen LogP contribution in [0, 0.1) is 0 Å². The summed E-state index contributed by atoms with van der Waals surface area (Å²) >= 11 is 15.2. The standard InChI is InChI=1S/C23H24Br2S4Si/c1-3-4-5-6-7-16-8-9-17(26-16)18-10-13-21(27-18)30(2,22-14-11-19(24)28-22)23-15-12-20(25)29-23/h8-15H,3-7H2,1-2H3. The Kier molecular flexibility index (Phi) is 7.93. The molecule has 0 aliphatic heterocycles. The molecule has 0 fully saturated rings. The van der Waals surface area contributed by atoms with Crippen LogP contribution in [0.15, 0.2) is 56.1 Å². The first-order chi connectivity index (χ1) is 14.5. The molecular weight excluding hydrogens is 592 g/mol. The first-order valence-electron chi connectivity index (χ1n) is 10.2. The Hall–Kier alpha value is -0.0231. The summed E-state index contributed by atoms with van der Waals surface area (Å²) in [5, 5.41) is 0. The summed E-state index contributed by atoms with van der Waals surface area (Å²) in [6.07, 6.45) is 6.55. The third-order valence-corrected chi connectivity index (χ3v) is 18.6. The molecule has 0 aromatic carbocycles. The second-order valence-corrected chi connectivity index (χ2v) is 19.7. The molecule has 4 rings (SSSR count). The van der Waals surface area contributed by atoms with E-state index in [1.807, 2.05) is 45.3 Å². The second-order valence-electron chi connectivity index (χ2n) is 7.57. The average molecular weight is 617 g/mol. The van der Waals surface area contributed by atoms with Crippen molar-refractivity contribution in [3.63, 3.8) is 0 Å². The Morgan fingerprint density at radius 3 is 1.83 bits per heavy atom. The highest BCUT2D eigenvalue weighted by Crippen LogP contribution is 2.33. The Labute approximate surface area is 213 Å². The summed E-state index contributed by atoms with van der Waals surface area (Å²) in [4.78, 5) is 4.37. The molecule has 0 spiro atoms. The summed E-state index contributed by atoms with van der Waals surface area (Å²) in [5.74, 6) is 0. The van der Waals surface area contributed by atoms with Crippen molar-refractivity contribution in [3.05, 3.63) is 61.0 Å².